The predicted molar refractivity (Wildman–Crippen MR) is 91.4 cm³/mol. The van der Waals surface area contributed by atoms with Gasteiger partial charge in [-0.05, 0) is 36.4 Å². The summed E-state index contributed by atoms with van der Waals surface area (Å²) in [5, 5.41) is 19.8. The molecule has 0 saturated carbocycles. The Labute approximate surface area is 153 Å². The molecule has 0 spiro atoms. The second kappa shape index (κ2) is 8.60. The van der Waals surface area contributed by atoms with Crippen LogP contribution in [0.25, 0.3) is 0 Å². The number of rotatable bonds is 6. The average molecular weight is 385 g/mol. The minimum Gasteiger partial charge on any atom is -0.507 e. The van der Waals surface area contributed by atoms with E-state index in [1.54, 1.807) is 0 Å². The van der Waals surface area contributed by atoms with Crippen LogP contribution >= 0.6 is 23.2 Å². The molecule has 132 valence electrons. The third-order valence-corrected chi connectivity index (χ3v) is 3.58. The Balaban J connectivity index is 1.78. The summed E-state index contributed by atoms with van der Waals surface area (Å²) in [4.78, 5) is 23.6. The van der Waals surface area contributed by atoms with Crippen molar-refractivity contribution in [2.75, 3.05) is 13.2 Å². The molecule has 0 aliphatic carbocycles. The van der Waals surface area contributed by atoms with E-state index in [4.69, 9.17) is 32.7 Å². The standard InChI is InChI=1S/C17H14Cl2O6/c18-10-2-4-14(20)12(8-10)16(22)24-6-1-7-25-17(23)13-9-11(19)3-5-15(13)21/h2-5,8-9,20-21H,1,6-7H2. The summed E-state index contributed by atoms with van der Waals surface area (Å²) in [6.07, 6.45) is 0.236. The summed E-state index contributed by atoms with van der Waals surface area (Å²) in [7, 11) is 0. The molecule has 0 fully saturated rings. The quantitative estimate of drug-likeness (QED) is 0.580. The summed E-state index contributed by atoms with van der Waals surface area (Å²) in [6.45, 7) is -0.0564. The van der Waals surface area contributed by atoms with Crippen molar-refractivity contribution in [1.82, 2.24) is 0 Å². The van der Waals surface area contributed by atoms with E-state index in [9.17, 15) is 19.8 Å². The Morgan fingerprint density at radius 3 is 1.60 bits per heavy atom. The zero-order valence-electron chi connectivity index (χ0n) is 12.9. The Hall–Kier alpha value is -2.44. The second-order valence-electron chi connectivity index (χ2n) is 4.95. The molecule has 0 aliphatic heterocycles. The van der Waals surface area contributed by atoms with Gasteiger partial charge in [-0.15, -0.1) is 0 Å². The third kappa shape index (κ3) is 5.27. The molecule has 8 heteroatoms. The molecule has 0 aromatic heterocycles. The SMILES string of the molecule is O=C(OCCCOC(=O)c1cc(Cl)ccc1O)c1cc(Cl)ccc1O. The first-order valence-corrected chi connectivity index (χ1v) is 7.95. The zero-order valence-corrected chi connectivity index (χ0v) is 14.4. The van der Waals surface area contributed by atoms with E-state index in [-0.39, 0.29) is 42.3 Å². The molecule has 2 rings (SSSR count). The summed E-state index contributed by atoms with van der Waals surface area (Å²) in [6, 6.07) is 8.05. The molecule has 0 amide bonds. The molecule has 0 bridgehead atoms. The van der Waals surface area contributed by atoms with Gasteiger partial charge in [0, 0.05) is 16.5 Å². The van der Waals surface area contributed by atoms with Gasteiger partial charge in [0.2, 0.25) is 0 Å². The van der Waals surface area contributed by atoms with E-state index >= 15 is 0 Å². The molecular formula is C17H14Cl2O6. The van der Waals surface area contributed by atoms with Gasteiger partial charge in [0.25, 0.3) is 0 Å². The molecule has 0 aliphatic rings. The van der Waals surface area contributed by atoms with Crippen LogP contribution in [0.5, 0.6) is 11.5 Å². The topological polar surface area (TPSA) is 93.1 Å². The number of carbonyl (C=O) groups is 2. The number of hydrogen-bond acceptors (Lipinski definition) is 6. The van der Waals surface area contributed by atoms with Crippen molar-refractivity contribution in [1.29, 1.82) is 0 Å². The van der Waals surface area contributed by atoms with E-state index in [0.717, 1.165) is 0 Å². The predicted octanol–water partition coefficient (Wildman–Crippen LogP) is 3.81. The van der Waals surface area contributed by atoms with E-state index in [0.29, 0.717) is 10.0 Å². The van der Waals surface area contributed by atoms with E-state index in [1.807, 2.05) is 0 Å². The number of halogens is 2. The van der Waals surface area contributed by atoms with Crippen LogP contribution in [0, 0.1) is 0 Å². The Morgan fingerprint density at radius 2 is 1.20 bits per heavy atom. The van der Waals surface area contributed by atoms with Gasteiger partial charge in [-0.25, -0.2) is 9.59 Å². The van der Waals surface area contributed by atoms with Gasteiger partial charge in [0.15, 0.2) is 0 Å². The summed E-state index contributed by atoms with van der Waals surface area (Å²) >= 11 is 11.5. The van der Waals surface area contributed by atoms with Crippen molar-refractivity contribution >= 4 is 35.1 Å². The first-order valence-electron chi connectivity index (χ1n) is 7.20. The minimum absolute atomic E-state index is 0.0282. The monoisotopic (exact) mass is 384 g/mol. The van der Waals surface area contributed by atoms with Crippen LogP contribution in [0.4, 0.5) is 0 Å². The summed E-state index contributed by atoms with van der Waals surface area (Å²) in [5.41, 5.74) is -0.0957. The highest BCUT2D eigenvalue weighted by molar-refractivity contribution is 6.31. The first-order chi connectivity index (χ1) is 11.9. The van der Waals surface area contributed by atoms with Gasteiger partial charge in [-0.3, -0.25) is 0 Å². The van der Waals surface area contributed by atoms with Gasteiger partial charge in [-0.1, -0.05) is 23.2 Å². The highest BCUT2D eigenvalue weighted by atomic mass is 35.5. The van der Waals surface area contributed by atoms with Gasteiger partial charge < -0.3 is 19.7 Å². The molecule has 2 N–H and O–H groups in total. The van der Waals surface area contributed by atoms with Crippen LogP contribution < -0.4 is 0 Å². The number of carbonyl (C=O) groups excluding carboxylic acids is 2. The molecule has 0 heterocycles. The normalized spacial score (nSPS) is 10.3. The minimum atomic E-state index is -0.737. The van der Waals surface area contributed by atoms with Crippen LogP contribution in [0.3, 0.4) is 0 Å². The number of esters is 2. The van der Waals surface area contributed by atoms with Crippen LogP contribution in [0.1, 0.15) is 27.1 Å². The average Bonchev–Trinajstić information content (AvgIpc) is 2.58. The van der Waals surface area contributed by atoms with Crippen LogP contribution in [-0.2, 0) is 9.47 Å². The summed E-state index contributed by atoms with van der Waals surface area (Å²) < 4.78 is 9.95. The molecule has 0 atom stereocenters. The Morgan fingerprint density at radius 1 is 0.800 bits per heavy atom. The van der Waals surface area contributed by atoms with Crippen molar-refractivity contribution in [3.05, 3.63) is 57.6 Å². The maximum absolute atomic E-state index is 11.8. The fraction of sp³-hybridized carbons (Fsp3) is 0.176. The van der Waals surface area contributed by atoms with Crippen LogP contribution in [0.2, 0.25) is 10.0 Å². The smallest absolute Gasteiger partial charge is 0.341 e. The van der Waals surface area contributed by atoms with Crippen molar-refractivity contribution in [2.45, 2.75) is 6.42 Å². The number of aromatic hydroxyl groups is 2. The van der Waals surface area contributed by atoms with Gasteiger partial charge in [0.05, 0.1) is 13.2 Å². The molecule has 2 aromatic carbocycles. The molecule has 0 saturated heterocycles. The second-order valence-corrected chi connectivity index (χ2v) is 5.82. The highest BCUT2D eigenvalue weighted by Gasteiger charge is 2.15. The molecule has 6 nitrogen and oxygen atoms in total. The summed E-state index contributed by atoms with van der Waals surface area (Å²) in [5.74, 6) is -1.95. The number of benzene rings is 2. The largest absolute Gasteiger partial charge is 0.507 e. The lowest BCUT2D eigenvalue weighted by Gasteiger charge is -2.08. The van der Waals surface area contributed by atoms with Gasteiger partial charge in [-0.2, -0.15) is 0 Å². The maximum Gasteiger partial charge on any atom is 0.341 e. The van der Waals surface area contributed by atoms with E-state index < -0.39 is 11.9 Å². The molecule has 25 heavy (non-hydrogen) atoms. The maximum atomic E-state index is 11.8. The molecule has 0 unspecified atom stereocenters. The highest BCUT2D eigenvalue weighted by Crippen LogP contribution is 2.23. The zero-order chi connectivity index (χ0) is 18.4. The van der Waals surface area contributed by atoms with E-state index in [1.165, 1.54) is 36.4 Å². The van der Waals surface area contributed by atoms with Crippen molar-refractivity contribution in [3.63, 3.8) is 0 Å². The number of phenolic OH excluding ortho intramolecular Hbond substituents is 2. The molecular weight excluding hydrogens is 371 g/mol. The molecule has 2 aromatic rings. The lowest BCUT2D eigenvalue weighted by molar-refractivity contribution is 0.0393. The number of hydrogen-bond donors (Lipinski definition) is 2. The lowest BCUT2D eigenvalue weighted by Crippen LogP contribution is -2.11. The number of phenols is 2. The van der Waals surface area contributed by atoms with Crippen molar-refractivity contribution in [2.24, 2.45) is 0 Å². The Kier molecular flexibility index (Phi) is 6.50. The fourth-order valence-corrected chi connectivity index (χ4v) is 2.23. The van der Waals surface area contributed by atoms with Crippen molar-refractivity contribution < 1.29 is 29.3 Å². The van der Waals surface area contributed by atoms with Crippen LogP contribution in [0.15, 0.2) is 36.4 Å². The molecule has 0 radical (unpaired) electrons. The van der Waals surface area contributed by atoms with Gasteiger partial charge >= 0.3 is 11.9 Å². The fourth-order valence-electron chi connectivity index (χ4n) is 1.89. The van der Waals surface area contributed by atoms with Crippen molar-refractivity contribution in [3.8, 4) is 11.5 Å². The Bertz CT molecular complexity index is 725. The van der Waals surface area contributed by atoms with E-state index in [2.05, 4.69) is 0 Å². The third-order valence-electron chi connectivity index (χ3n) is 3.11. The lowest BCUT2D eigenvalue weighted by atomic mass is 10.2. The van der Waals surface area contributed by atoms with Crippen LogP contribution in [-0.4, -0.2) is 35.4 Å². The van der Waals surface area contributed by atoms with Gasteiger partial charge in [0.1, 0.15) is 22.6 Å². The number of ether oxygens (including phenoxy) is 2. The first kappa shape index (κ1) is 18.9.